The molecule has 0 bridgehead atoms. The number of rotatable bonds is 5. The van der Waals surface area contributed by atoms with Gasteiger partial charge in [-0.25, -0.2) is 4.99 Å². The van der Waals surface area contributed by atoms with Crippen LogP contribution in [0.25, 0.3) is 0 Å². The fourth-order valence-electron chi connectivity index (χ4n) is 2.47. The van der Waals surface area contributed by atoms with Gasteiger partial charge in [0.25, 0.3) is 0 Å². The second-order valence-corrected chi connectivity index (χ2v) is 5.55. The lowest BCUT2D eigenvalue weighted by molar-refractivity contribution is 0.281. The first kappa shape index (κ1) is 27.8. The van der Waals surface area contributed by atoms with Crippen molar-refractivity contribution in [3.05, 3.63) is 53.6 Å². The molecule has 152 valence electrons. The van der Waals surface area contributed by atoms with Crippen molar-refractivity contribution in [2.75, 3.05) is 7.11 Å². The van der Waals surface area contributed by atoms with Gasteiger partial charge in [-0.3, -0.25) is 0 Å². The molecule has 0 aliphatic carbocycles. The van der Waals surface area contributed by atoms with E-state index in [4.69, 9.17) is 15.2 Å². The van der Waals surface area contributed by atoms with Crippen molar-refractivity contribution in [2.45, 2.75) is 26.1 Å². The molecule has 0 saturated carbocycles. The zero-order valence-corrected chi connectivity index (χ0v) is 18.3. The zero-order valence-electron chi connectivity index (χ0n) is 15.0. The van der Waals surface area contributed by atoms with Gasteiger partial charge in [-0.15, -0.1) is 49.6 Å². The van der Waals surface area contributed by atoms with Crippen LogP contribution in [0.15, 0.2) is 47.5 Å². The molecule has 1 atom stereocenters. The Balaban J connectivity index is 0. The van der Waals surface area contributed by atoms with Crippen LogP contribution in [0.4, 0.5) is 5.69 Å². The predicted octanol–water partition coefficient (Wildman–Crippen LogP) is 4.44. The number of ether oxygens (including phenoxy) is 2. The number of nitrogens with two attached hydrogens (primary N) is 1. The molecule has 0 saturated heterocycles. The monoisotopic (exact) mass is 455 g/mol. The van der Waals surface area contributed by atoms with E-state index in [2.05, 4.69) is 16.4 Å². The molecule has 0 spiro atoms. The number of benzene rings is 2. The number of halogens is 4. The van der Waals surface area contributed by atoms with Crippen LogP contribution in [-0.2, 0) is 13.1 Å². The maximum Gasteiger partial charge on any atom is 0.153 e. The highest BCUT2D eigenvalue weighted by molar-refractivity contribution is 5.89. The Morgan fingerprint density at radius 3 is 2.37 bits per heavy atom. The van der Waals surface area contributed by atoms with E-state index in [-0.39, 0.29) is 55.7 Å². The summed E-state index contributed by atoms with van der Waals surface area (Å²) in [4.78, 5) is 4.40. The number of methoxy groups -OCH3 is 1. The standard InChI is InChI=1S/C18H21N3O2.4ClH/c1-12-18(19)21-16-9-14(6-7-17(16)23-12)11-20-10-13-4-3-5-15(8-13)22-2;;;;/h3-9,12,20H,10-11H2,1-2H3,(H2,19,21);4*1H. The van der Waals surface area contributed by atoms with E-state index in [1.807, 2.05) is 43.3 Å². The largest absolute Gasteiger partial charge is 0.497 e. The molecular formula is C18H25Cl4N3O2. The highest BCUT2D eigenvalue weighted by Gasteiger charge is 2.18. The SMILES string of the molecule is COc1cccc(CNCc2ccc3c(c2)N=C(N)C(C)O3)c1.Cl.Cl.Cl.Cl. The summed E-state index contributed by atoms with van der Waals surface area (Å²) in [6.45, 7) is 3.41. The average molecular weight is 457 g/mol. The third-order valence-corrected chi connectivity index (χ3v) is 3.79. The first-order valence-corrected chi connectivity index (χ1v) is 7.63. The topological polar surface area (TPSA) is 68.9 Å². The van der Waals surface area contributed by atoms with Crippen LogP contribution in [-0.4, -0.2) is 19.0 Å². The summed E-state index contributed by atoms with van der Waals surface area (Å²) in [5.74, 6) is 2.16. The van der Waals surface area contributed by atoms with Crippen LogP contribution in [0.3, 0.4) is 0 Å². The highest BCUT2D eigenvalue weighted by atomic mass is 35.5. The van der Waals surface area contributed by atoms with E-state index < -0.39 is 0 Å². The first-order chi connectivity index (χ1) is 11.2. The van der Waals surface area contributed by atoms with Gasteiger partial charge in [0, 0.05) is 13.1 Å². The van der Waals surface area contributed by atoms with Crippen molar-refractivity contribution in [1.29, 1.82) is 0 Å². The third kappa shape index (κ3) is 7.28. The molecule has 9 heteroatoms. The fourth-order valence-corrected chi connectivity index (χ4v) is 2.47. The minimum atomic E-state index is -0.167. The minimum Gasteiger partial charge on any atom is -0.497 e. The van der Waals surface area contributed by atoms with Gasteiger partial charge in [-0.2, -0.15) is 0 Å². The van der Waals surface area contributed by atoms with Gasteiger partial charge in [0.1, 0.15) is 23.0 Å². The van der Waals surface area contributed by atoms with Crippen molar-refractivity contribution in [3.63, 3.8) is 0 Å². The van der Waals surface area contributed by atoms with Crippen molar-refractivity contribution in [3.8, 4) is 11.5 Å². The lowest BCUT2D eigenvalue weighted by atomic mass is 10.1. The zero-order chi connectivity index (χ0) is 16.2. The maximum atomic E-state index is 5.84. The number of nitrogens with one attached hydrogen (secondary N) is 1. The van der Waals surface area contributed by atoms with Crippen molar-refractivity contribution >= 4 is 61.2 Å². The molecule has 0 radical (unpaired) electrons. The second kappa shape index (κ2) is 12.9. The molecule has 1 aliphatic rings. The number of hydrogen-bond acceptors (Lipinski definition) is 5. The summed E-state index contributed by atoms with van der Waals surface area (Å²) >= 11 is 0. The van der Waals surface area contributed by atoms with Gasteiger partial charge in [-0.05, 0) is 42.3 Å². The maximum absolute atomic E-state index is 5.84. The van der Waals surface area contributed by atoms with Crippen molar-refractivity contribution in [2.24, 2.45) is 10.7 Å². The second-order valence-electron chi connectivity index (χ2n) is 5.55. The Hall–Kier alpha value is -1.37. The fraction of sp³-hybridized carbons (Fsp3) is 0.278. The molecule has 1 heterocycles. The number of aliphatic imine (C=N–C) groups is 1. The molecule has 0 fully saturated rings. The van der Waals surface area contributed by atoms with Gasteiger partial charge in [0.05, 0.1) is 7.11 Å². The summed E-state index contributed by atoms with van der Waals surface area (Å²) in [6, 6.07) is 14.0. The van der Waals surface area contributed by atoms with E-state index in [0.29, 0.717) is 5.84 Å². The van der Waals surface area contributed by atoms with E-state index in [9.17, 15) is 0 Å². The summed E-state index contributed by atoms with van der Waals surface area (Å²) < 4.78 is 10.9. The number of hydrogen-bond donors (Lipinski definition) is 2. The number of fused-ring (bicyclic) bond motifs is 1. The molecule has 27 heavy (non-hydrogen) atoms. The van der Waals surface area contributed by atoms with Gasteiger partial charge in [-0.1, -0.05) is 18.2 Å². The van der Waals surface area contributed by atoms with Crippen LogP contribution in [0.5, 0.6) is 11.5 Å². The summed E-state index contributed by atoms with van der Waals surface area (Å²) in [7, 11) is 1.68. The van der Waals surface area contributed by atoms with E-state index in [0.717, 1.165) is 35.8 Å². The number of nitrogens with zero attached hydrogens (tertiary/aromatic N) is 1. The Kier molecular flexibility index (Phi) is 13.3. The first-order valence-electron chi connectivity index (χ1n) is 7.63. The predicted molar refractivity (Wildman–Crippen MR) is 120 cm³/mol. The molecule has 1 unspecified atom stereocenters. The quantitative estimate of drug-likeness (QED) is 0.697. The highest BCUT2D eigenvalue weighted by Crippen LogP contribution is 2.32. The van der Waals surface area contributed by atoms with Crippen LogP contribution >= 0.6 is 49.6 Å². The lowest BCUT2D eigenvalue weighted by Crippen LogP contribution is -2.33. The summed E-state index contributed by atoms with van der Waals surface area (Å²) in [5, 5.41) is 3.42. The van der Waals surface area contributed by atoms with E-state index >= 15 is 0 Å². The summed E-state index contributed by atoms with van der Waals surface area (Å²) in [5.41, 5.74) is 8.96. The third-order valence-electron chi connectivity index (χ3n) is 3.79. The molecule has 0 aromatic heterocycles. The van der Waals surface area contributed by atoms with Gasteiger partial charge < -0.3 is 20.5 Å². The molecule has 5 nitrogen and oxygen atoms in total. The van der Waals surface area contributed by atoms with Gasteiger partial charge in [0.2, 0.25) is 0 Å². The molecule has 3 rings (SSSR count). The smallest absolute Gasteiger partial charge is 0.153 e. The van der Waals surface area contributed by atoms with Crippen LogP contribution in [0, 0.1) is 0 Å². The Morgan fingerprint density at radius 2 is 1.70 bits per heavy atom. The summed E-state index contributed by atoms with van der Waals surface area (Å²) in [6.07, 6.45) is -0.167. The Bertz CT molecular complexity index is 744. The van der Waals surface area contributed by atoms with Crippen LogP contribution in [0.2, 0.25) is 0 Å². The van der Waals surface area contributed by atoms with E-state index in [1.165, 1.54) is 5.56 Å². The molecule has 1 aliphatic heterocycles. The normalized spacial score (nSPS) is 13.9. The van der Waals surface area contributed by atoms with Gasteiger partial charge >= 0.3 is 0 Å². The molecule has 2 aromatic rings. The van der Waals surface area contributed by atoms with Crippen molar-refractivity contribution < 1.29 is 9.47 Å². The average Bonchev–Trinajstić information content (AvgIpc) is 2.56. The van der Waals surface area contributed by atoms with Crippen molar-refractivity contribution in [1.82, 2.24) is 5.32 Å². The molecule has 2 aromatic carbocycles. The lowest BCUT2D eigenvalue weighted by Gasteiger charge is -2.21. The van der Waals surface area contributed by atoms with E-state index in [1.54, 1.807) is 7.11 Å². The van der Waals surface area contributed by atoms with Crippen LogP contribution in [0.1, 0.15) is 18.1 Å². The Labute approximate surface area is 184 Å². The minimum absolute atomic E-state index is 0. The Morgan fingerprint density at radius 1 is 1.04 bits per heavy atom. The van der Waals surface area contributed by atoms with Gasteiger partial charge in [0.15, 0.2) is 6.10 Å². The number of amidine groups is 1. The molecular weight excluding hydrogens is 432 g/mol. The molecule has 0 amide bonds. The van der Waals surface area contributed by atoms with Crippen LogP contribution < -0.4 is 20.5 Å². The molecule has 3 N–H and O–H groups in total.